The lowest BCUT2D eigenvalue weighted by Gasteiger charge is -2.32. The molecule has 0 bridgehead atoms. The SMILES string of the molecule is CN1C(=O)C2(CC2)c2cc(B3OC(C)(C)C(C)(C)O3)ccc21. The lowest BCUT2D eigenvalue weighted by molar-refractivity contribution is -0.119. The lowest BCUT2D eigenvalue weighted by atomic mass is 9.77. The molecule has 1 aromatic carbocycles. The van der Waals surface area contributed by atoms with Gasteiger partial charge in [0.15, 0.2) is 0 Å². The van der Waals surface area contributed by atoms with Crippen molar-refractivity contribution in [1.29, 1.82) is 0 Å². The molecule has 1 saturated carbocycles. The molecule has 1 spiro atoms. The second-order valence-electron chi connectivity index (χ2n) is 7.81. The van der Waals surface area contributed by atoms with Crippen LogP contribution in [0.1, 0.15) is 46.1 Å². The summed E-state index contributed by atoms with van der Waals surface area (Å²) >= 11 is 0. The van der Waals surface area contributed by atoms with Gasteiger partial charge in [0.1, 0.15) is 0 Å². The fourth-order valence-corrected chi connectivity index (χ4v) is 3.51. The molecule has 4 rings (SSSR count). The summed E-state index contributed by atoms with van der Waals surface area (Å²) in [5, 5.41) is 0. The van der Waals surface area contributed by atoms with Crippen LogP contribution in [0.3, 0.4) is 0 Å². The summed E-state index contributed by atoms with van der Waals surface area (Å²) in [5.41, 5.74) is 2.23. The molecule has 116 valence electrons. The number of rotatable bonds is 1. The standard InChI is InChI=1S/C17H22BNO3/c1-15(2)16(3,4)22-18(21-15)11-6-7-13-12(10-11)17(8-9-17)14(20)19(13)5/h6-7,10H,8-9H2,1-5H3. The van der Waals surface area contributed by atoms with Crippen LogP contribution >= 0.6 is 0 Å². The second-order valence-corrected chi connectivity index (χ2v) is 7.81. The Balaban J connectivity index is 1.73. The minimum atomic E-state index is -0.368. The average Bonchev–Trinajstić information content (AvgIpc) is 3.17. The molecule has 2 heterocycles. The molecular weight excluding hydrogens is 277 g/mol. The van der Waals surface area contributed by atoms with Gasteiger partial charge in [0.2, 0.25) is 5.91 Å². The highest BCUT2D eigenvalue weighted by Gasteiger charge is 2.59. The first-order chi connectivity index (χ1) is 10.2. The monoisotopic (exact) mass is 299 g/mol. The zero-order valence-electron chi connectivity index (χ0n) is 13.9. The van der Waals surface area contributed by atoms with Crippen molar-refractivity contribution in [3.8, 4) is 0 Å². The number of hydrogen-bond acceptors (Lipinski definition) is 3. The van der Waals surface area contributed by atoms with Gasteiger partial charge < -0.3 is 14.2 Å². The molecule has 0 atom stereocenters. The van der Waals surface area contributed by atoms with Gasteiger partial charge in [0.25, 0.3) is 0 Å². The van der Waals surface area contributed by atoms with Crippen molar-refractivity contribution in [3.05, 3.63) is 23.8 Å². The van der Waals surface area contributed by atoms with Crippen LogP contribution in [0.2, 0.25) is 0 Å². The Hall–Kier alpha value is -1.33. The van der Waals surface area contributed by atoms with Gasteiger partial charge in [0.05, 0.1) is 16.6 Å². The molecule has 1 amide bonds. The van der Waals surface area contributed by atoms with Crippen LogP contribution in [0.15, 0.2) is 18.2 Å². The maximum atomic E-state index is 12.4. The van der Waals surface area contributed by atoms with Crippen molar-refractivity contribution in [3.63, 3.8) is 0 Å². The molecule has 5 heteroatoms. The summed E-state index contributed by atoms with van der Waals surface area (Å²) in [7, 11) is 1.50. The number of carbonyl (C=O) groups is 1. The van der Waals surface area contributed by atoms with E-state index in [1.165, 1.54) is 0 Å². The van der Waals surface area contributed by atoms with E-state index >= 15 is 0 Å². The van der Waals surface area contributed by atoms with Crippen molar-refractivity contribution >= 4 is 24.2 Å². The lowest BCUT2D eigenvalue weighted by Crippen LogP contribution is -2.41. The van der Waals surface area contributed by atoms with Gasteiger partial charge in [-0.05, 0) is 57.6 Å². The number of amides is 1. The maximum Gasteiger partial charge on any atom is 0.494 e. The van der Waals surface area contributed by atoms with Gasteiger partial charge in [-0.1, -0.05) is 12.1 Å². The molecule has 1 saturated heterocycles. The largest absolute Gasteiger partial charge is 0.494 e. The van der Waals surface area contributed by atoms with Crippen LogP contribution in [-0.4, -0.2) is 31.3 Å². The van der Waals surface area contributed by atoms with Crippen molar-refractivity contribution in [1.82, 2.24) is 0 Å². The number of nitrogens with zero attached hydrogens (tertiary/aromatic N) is 1. The van der Waals surface area contributed by atoms with Crippen LogP contribution in [0.25, 0.3) is 0 Å². The van der Waals surface area contributed by atoms with Gasteiger partial charge in [-0.25, -0.2) is 0 Å². The minimum absolute atomic E-state index is 0.230. The predicted molar refractivity (Wildman–Crippen MR) is 86.5 cm³/mol. The van der Waals surface area contributed by atoms with Crippen LogP contribution in [0.5, 0.6) is 0 Å². The molecule has 1 aromatic rings. The van der Waals surface area contributed by atoms with Crippen molar-refractivity contribution in [2.75, 3.05) is 11.9 Å². The Kier molecular flexibility index (Phi) is 2.56. The van der Waals surface area contributed by atoms with Gasteiger partial charge >= 0.3 is 7.12 Å². The quantitative estimate of drug-likeness (QED) is 0.745. The Morgan fingerprint density at radius 2 is 1.68 bits per heavy atom. The van der Waals surface area contributed by atoms with E-state index in [1.807, 2.05) is 19.2 Å². The van der Waals surface area contributed by atoms with Crippen LogP contribution in [0.4, 0.5) is 5.69 Å². The molecular formula is C17H22BNO3. The highest BCUT2D eigenvalue weighted by Crippen LogP contribution is 2.56. The highest BCUT2D eigenvalue weighted by atomic mass is 16.7. The van der Waals surface area contributed by atoms with Gasteiger partial charge in [-0.3, -0.25) is 4.79 Å². The number of hydrogen-bond donors (Lipinski definition) is 0. The average molecular weight is 299 g/mol. The molecule has 1 aliphatic carbocycles. The van der Waals surface area contributed by atoms with E-state index in [9.17, 15) is 4.79 Å². The van der Waals surface area contributed by atoms with E-state index in [1.54, 1.807) is 4.90 Å². The first kappa shape index (κ1) is 14.3. The molecule has 2 fully saturated rings. The van der Waals surface area contributed by atoms with E-state index in [2.05, 4.69) is 33.8 Å². The number of likely N-dealkylation sites (N-methyl/N-ethyl adjacent to an activating group) is 1. The zero-order chi connectivity index (χ0) is 15.9. The summed E-state index contributed by atoms with van der Waals surface area (Å²) in [4.78, 5) is 14.2. The minimum Gasteiger partial charge on any atom is -0.399 e. The Morgan fingerprint density at radius 3 is 2.23 bits per heavy atom. The number of carbonyl (C=O) groups excluding carboxylic acids is 1. The molecule has 4 nitrogen and oxygen atoms in total. The van der Waals surface area contributed by atoms with Crippen molar-refractivity contribution < 1.29 is 14.1 Å². The molecule has 22 heavy (non-hydrogen) atoms. The zero-order valence-corrected chi connectivity index (χ0v) is 13.9. The van der Waals surface area contributed by atoms with E-state index < -0.39 is 0 Å². The molecule has 0 unspecified atom stereocenters. The highest BCUT2D eigenvalue weighted by molar-refractivity contribution is 6.62. The third-order valence-electron chi connectivity index (χ3n) is 5.89. The third kappa shape index (κ3) is 1.64. The Morgan fingerprint density at radius 1 is 1.09 bits per heavy atom. The smallest absolute Gasteiger partial charge is 0.399 e. The van der Waals surface area contributed by atoms with Gasteiger partial charge in [-0.15, -0.1) is 0 Å². The third-order valence-corrected chi connectivity index (χ3v) is 5.89. The molecule has 3 aliphatic rings. The van der Waals surface area contributed by atoms with Crippen molar-refractivity contribution in [2.24, 2.45) is 0 Å². The number of benzene rings is 1. The topological polar surface area (TPSA) is 38.8 Å². The maximum absolute atomic E-state index is 12.4. The summed E-state index contributed by atoms with van der Waals surface area (Å²) in [6.45, 7) is 8.22. The van der Waals surface area contributed by atoms with Gasteiger partial charge in [0, 0.05) is 12.7 Å². The Labute approximate surface area is 131 Å². The summed E-state index contributed by atoms with van der Waals surface area (Å²) in [5.74, 6) is 0.230. The van der Waals surface area contributed by atoms with Crippen LogP contribution in [-0.2, 0) is 19.5 Å². The van der Waals surface area contributed by atoms with Crippen molar-refractivity contribution in [2.45, 2.75) is 57.2 Å². The van der Waals surface area contributed by atoms with Crippen LogP contribution in [0, 0.1) is 0 Å². The normalized spacial score (nSPS) is 26.7. The number of anilines is 1. The fraction of sp³-hybridized carbons (Fsp3) is 0.588. The van der Waals surface area contributed by atoms with Gasteiger partial charge in [-0.2, -0.15) is 0 Å². The predicted octanol–water partition coefficient (Wildman–Crippen LogP) is 1.99. The van der Waals surface area contributed by atoms with E-state index in [4.69, 9.17) is 9.31 Å². The first-order valence-electron chi connectivity index (χ1n) is 7.96. The molecule has 2 aliphatic heterocycles. The fourth-order valence-electron chi connectivity index (χ4n) is 3.51. The van der Waals surface area contributed by atoms with E-state index in [0.29, 0.717) is 0 Å². The summed E-state index contributed by atoms with van der Waals surface area (Å²) in [6.07, 6.45) is 1.91. The van der Waals surface area contributed by atoms with Crippen LogP contribution < -0.4 is 10.4 Å². The summed E-state index contributed by atoms with van der Waals surface area (Å²) < 4.78 is 12.3. The number of fused-ring (bicyclic) bond motifs is 2. The summed E-state index contributed by atoms with van der Waals surface area (Å²) in [6, 6.07) is 6.17. The second kappa shape index (κ2) is 3.95. The van der Waals surface area contributed by atoms with E-state index in [0.717, 1.165) is 29.6 Å². The molecule has 0 radical (unpaired) electrons. The first-order valence-corrected chi connectivity index (χ1v) is 7.96. The molecule has 0 N–H and O–H groups in total. The molecule has 0 aromatic heterocycles. The Bertz CT molecular complexity index is 662. The van der Waals surface area contributed by atoms with E-state index in [-0.39, 0.29) is 29.6 Å².